The van der Waals surface area contributed by atoms with Gasteiger partial charge in [0.15, 0.2) is 5.82 Å². The highest BCUT2D eigenvalue weighted by atomic mass is 32.2. The number of nitrogens with one attached hydrogen (secondary N) is 2. The molecule has 1 saturated carbocycles. The lowest BCUT2D eigenvalue weighted by atomic mass is 9.78. The van der Waals surface area contributed by atoms with Crippen molar-refractivity contribution >= 4 is 17.7 Å². The fraction of sp³-hybridized carbons (Fsp3) is 0.526. The van der Waals surface area contributed by atoms with E-state index in [2.05, 4.69) is 41.3 Å². The molecule has 3 atom stereocenters. The number of rotatable bonds is 5. The molecule has 1 aliphatic rings. The van der Waals surface area contributed by atoms with Crippen molar-refractivity contribution in [3.05, 3.63) is 29.8 Å². The lowest BCUT2D eigenvalue weighted by Gasteiger charge is -2.34. The molecule has 3 rings (SSSR count). The van der Waals surface area contributed by atoms with Crippen LogP contribution in [0.15, 0.2) is 29.4 Å². The van der Waals surface area contributed by atoms with Gasteiger partial charge in [-0.15, -0.1) is 5.10 Å². The molecule has 5 nitrogen and oxygen atoms in total. The van der Waals surface area contributed by atoms with Gasteiger partial charge in [-0.05, 0) is 25.2 Å². The third kappa shape index (κ3) is 4.63. The minimum atomic E-state index is 0.0673. The zero-order valence-electron chi connectivity index (χ0n) is 15.1. The van der Waals surface area contributed by atoms with Gasteiger partial charge < -0.3 is 5.32 Å². The summed E-state index contributed by atoms with van der Waals surface area (Å²) in [6, 6.07) is 8.42. The highest BCUT2D eigenvalue weighted by molar-refractivity contribution is 7.99. The minimum absolute atomic E-state index is 0.0673. The Morgan fingerprint density at radius 1 is 1.28 bits per heavy atom. The number of nitrogens with zero attached hydrogens (tertiary/aromatic N) is 2. The van der Waals surface area contributed by atoms with Crippen LogP contribution in [0.5, 0.6) is 0 Å². The van der Waals surface area contributed by atoms with Crippen LogP contribution in [0.4, 0.5) is 0 Å². The molecule has 25 heavy (non-hydrogen) atoms. The van der Waals surface area contributed by atoms with Gasteiger partial charge in [-0.3, -0.25) is 9.89 Å². The molecule has 0 radical (unpaired) electrons. The highest BCUT2D eigenvalue weighted by Gasteiger charge is 2.28. The molecule has 1 aliphatic carbocycles. The first kappa shape index (κ1) is 18.0. The smallest absolute Gasteiger partial charge is 0.230 e. The number of carbonyl (C=O) groups is 1. The van der Waals surface area contributed by atoms with Crippen LogP contribution in [0, 0.1) is 18.8 Å². The molecule has 1 aromatic heterocycles. The molecule has 0 unspecified atom stereocenters. The predicted octanol–water partition coefficient (Wildman–Crippen LogP) is 3.81. The predicted molar refractivity (Wildman–Crippen MR) is 101 cm³/mol. The Bertz CT molecular complexity index is 712. The summed E-state index contributed by atoms with van der Waals surface area (Å²) >= 11 is 1.37. The van der Waals surface area contributed by atoms with E-state index in [1.807, 2.05) is 24.3 Å². The van der Waals surface area contributed by atoms with Gasteiger partial charge in [0.05, 0.1) is 5.75 Å². The average Bonchev–Trinajstić information content (AvgIpc) is 3.07. The summed E-state index contributed by atoms with van der Waals surface area (Å²) in [5.74, 6) is 2.37. The van der Waals surface area contributed by atoms with E-state index >= 15 is 0 Å². The van der Waals surface area contributed by atoms with Crippen molar-refractivity contribution in [3.8, 4) is 11.4 Å². The topological polar surface area (TPSA) is 70.7 Å². The van der Waals surface area contributed by atoms with Gasteiger partial charge in [0.25, 0.3) is 0 Å². The fourth-order valence-corrected chi connectivity index (χ4v) is 3.93. The standard InChI is InChI=1S/C19H26N4OS/c1-12-7-9-15(10-8-12)18-21-19(23-22-18)25-11-17(24)20-16-6-4-5-13(2)14(16)3/h7-10,13-14,16H,4-6,11H2,1-3H3,(H,20,24)(H,21,22,23)/t13-,14-,16-/m0/s1. The van der Waals surface area contributed by atoms with Crippen LogP contribution in [0.1, 0.15) is 38.7 Å². The average molecular weight is 359 g/mol. The number of H-pyrrole nitrogens is 1. The molecule has 0 aliphatic heterocycles. The number of carbonyl (C=O) groups excluding carboxylic acids is 1. The SMILES string of the molecule is Cc1ccc(-c2nc(SCC(=O)N[C@H]3CCC[C@H](C)[C@@H]3C)n[nH]2)cc1. The molecule has 6 heteroatoms. The Hall–Kier alpha value is -1.82. The first-order valence-corrected chi connectivity index (χ1v) is 9.93. The second kappa shape index (κ2) is 8.04. The molecule has 2 aromatic rings. The Labute approximate surface area is 153 Å². The van der Waals surface area contributed by atoms with E-state index < -0.39 is 0 Å². The quantitative estimate of drug-likeness (QED) is 0.797. The number of aromatic amines is 1. The monoisotopic (exact) mass is 358 g/mol. The van der Waals surface area contributed by atoms with Gasteiger partial charge in [-0.1, -0.05) is 68.3 Å². The van der Waals surface area contributed by atoms with E-state index in [-0.39, 0.29) is 5.91 Å². The van der Waals surface area contributed by atoms with Crippen molar-refractivity contribution in [1.29, 1.82) is 0 Å². The number of hydrogen-bond donors (Lipinski definition) is 2. The van der Waals surface area contributed by atoms with Crippen LogP contribution in [-0.4, -0.2) is 32.9 Å². The van der Waals surface area contributed by atoms with E-state index in [9.17, 15) is 4.79 Å². The second-order valence-corrected chi connectivity index (χ2v) is 8.01. The molecular formula is C19H26N4OS. The largest absolute Gasteiger partial charge is 0.352 e. The maximum absolute atomic E-state index is 12.3. The molecule has 1 aromatic carbocycles. The molecule has 1 heterocycles. The minimum Gasteiger partial charge on any atom is -0.352 e. The van der Waals surface area contributed by atoms with Gasteiger partial charge in [0.2, 0.25) is 11.1 Å². The summed E-state index contributed by atoms with van der Waals surface area (Å²) < 4.78 is 0. The molecule has 134 valence electrons. The Kier molecular flexibility index (Phi) is 5.78. The molecule has 2 N–H and O–H groups in total. The number of aromatic nitrogens is 3. The molecule has 0 spiro atoms. The van der Waals surface area contributed by atoms with E-state index in [1.54, 1.807) is 0 Å². The van der Waals surface area contributed by atoms with Crippen molar-refractivity contribution in [2.75, 3.05) is 5.75 Å². The van der Waals surface area contributed by atoms with Crippen LogP contribution >= 0.6 is 11.8 Å². The van der Waals surface area contributed by atoms with Crippen molar-refractivity contribution in [2.24, 2.45) is 11.8 Å². The van der Waals surface area contributed by atoms with Gasteiger partial charge in [0.1, 0.15) is 0 Å². The van der Waals surface area contributed by atoms with Crippen LogP contribution in [0.25, 0.3) is 11.4 Å². The fourth-order valence-electron chi connectivity index (χ4n) is 3.32. The van der Waals surface area contributed by atoms with Crippen molar-refractivity contribution < 1.29 is 4.79 Å². The van der Waals surface area contributed by atoms with Crippen LogP contribution in [-0.2, 0) is 4.79 Å². The third-order valence-corrected chi connectivity index (χ3v) is 6.02. The Balaban J connectivity index is 1.52. The molecule has 1 amide bonds. The van der Waals surface area contributed by atoms with E-state index in [0.29, 0.717) is 28.8 Å². The Morgan fingerprint density at radius 3 is 2.80 bits per heavy atom. The lowest BCUT2D eigenvalue weighted by Crippen LogP contribution is -2.44. The zero-order valence-corrected chi connectivity index (χ0v) is 15.9. The first-order valence-electron chi connectivity index (χ1n) is 8.94. The van der Waals surface area contributed by atoms with Gasteiger partial charge >= 0.3 is 0 Å². The normalized spacial score (nSPS) is 23.4. The summed E-state index contributed by atoms with van der Waals surface area (Å²) in [5.41, 5.74) is 2.21. The maximum Gasteiger partial charge on any atom is 0.230 e. The second-order valence-electron chi connectivity index (χ2n) is 7.06. The summed E-state index contributed by atoms with van der Waals surface area (Å²) in [5, 5.41) is 10.9. The Morgan fingerprint density at radius 2 is 2.04 bits per heavy atom. The van der Waals surface area contributed by atoms with Gasteiger partial charge in [-0.25, -0.2) is 4.98 Å². The third-order valence-electron chi connectivity index (χ3n) is 5.18. The van der Waals surface area contributed by atoms with Gasteiger partial charge in [0, 0.05) is 11.6 Å². The number of amides is 1. The summed E-state index contributed by atoms with van der Waals surface area (Å²) in [7, 11) is 0. The van der Waals surface area contributed by atoms with Crippen molar-refractivity contribution in [3.63, 3.8) is 0 Å². The number of thioether (sulfide) groups is 1. The molecule has 0 bridgehead atoms. The summed E-state index contributed by atoms with van der Waals surface area (Å²) in [6.07, 6.45) is 3.55. The van der Waals surface area contributed by atoms with Crippen LogP contribution in [0.2, 0.25) is 0 Å². The van der Waals surface area contributed by atoms with Crippen molar-refractivity contribution in [2.45, 2.75) is 51.2 Å². The molecule has 1 fully saturated rings. The van der Waals surface area contributed by atoms with E-state index in [0.717, 1.165) is 17.8 Å². The first-order chi connectivity index (χ1) is 12.0. The molecule has 0 saturated heterocycles. The number of hydrogen-bond acceptors (Lipinski definition) is 4. The lowest BCUT2D eigenvalue weighted by molar-refractivity contribution is -0.120. The maximum atomic E-state index is 12.3. The van der Waals surface area contributed by atoms with E-state index in [4.69, 9.17) is 0 Å². The zero-order chi connectivity index (χ0) is 17.8. The number of benzene rings is 1. The summed E-state index contributed by atoms with van der Waals surface area (Å²) in [4.78, 5) is 16.7. The summed E-state index contributed by atoms with van der Waals surface area (Å²) in [6.45, 7) is 6.57. The van der Waals surface area contributed by atoms with Crippen LogP contribution < -0.4 is 5.32 Å². The van der Waals surface area contributed by atoms with Gasteiger partial charge in [-0.2, -0.15) is 0 Å². The molecular weight excluding hydrogens is 332 g/mol. The van der Waals surface area contributed by atoms with E-state index in [1.165, 1.54) is 30.2 Å². The van der Waals surface area contributed by atoms with Crippen molar-refractivity contribution in [1.82, 2.24) is 20.5 Å². The highest BCUT2D eigenvalue weighted by Crippen LogP contribution is 2.29. The number of aryl methyl sites for hydroxylation is 1. The van der Waals surface area contributed by atoms with Crippen LogP contribution in [0.3, 0.4) is 0 Å².